The number of hydrogen-bond donors (Lipinski definition) is 3. The lowest BCUT2D eigenvalue weighted by atomic mass is 10.2. The molecule has 0 unspecified atom stereocenters. The lowest BCUT2D eigenvalue weighted by molar-refractivity contribution is 0.0955. The van der Waals surface area contributed by atoms with Gasteiger partial charge in [-0.25, -0.2) is 0 Å². The highest BCUT2D eigenvalue weighted by Crippen LogP contribution is 2.13. The Bertz CT molecular complexity index is 343. The van der Waals surface area contributed by atoms with Gasteiger partial charge in [0, 0.05) is 12.1 Å². The number of nitrogens with one attached hydrogen (secondary N) is 1. The van der Waals surface area contributed by atoms with Gasteiger partial charge in [0.1, 0.15) is 5.75 Å². The van der Waals surface area contributed by atoms with Crippen LogP contribution in [0.4, 0.5) is 0 Å². The molecule has 0 aromatic heterocycles. The van der Waals surface area contributed by atoms with Crippen molar-refractivity contribution in [3.8, 4) is 5.75 Å². The molecule has 0 aliphatic rings. The maximum atomic E-state index is 11.4. The van der Waals surface area contributed by atoms with Crippen LogP contribution in [-0.4, -0.2) is 29.8 Å². The molecule has 0 saturated carbocycles. The number of amides is 1. The van der Waals surface area contributed by atoms with Crippen molar-refractivity contribution in [1.29, 1.82) is 0 Å². The van der Waals surface area contributed by atoms with Crippen LogP contribution in [0.2, 0.25) is 0 Å². The van der Waals surface area contributed by atoms with E-state index in [9.17, 15) is 4.79 Å². The Morgan fingerprint density at radius 2 is 2.27 bits per heavy atom. The Labute approximate surface area is 87.9 Å². The molecule has 5 nitrogen and oxygen atoms in total. The molecule has 0 atom stereocenters. The zero-order valence-corrected chi connectivity index (χ0v) is 8.30. The van der Waals surface area contributed by atoms with Crippen molar-refractivity contribution in [3.63, 3.8) is 0 Å². The lowest BCUT2D eigenvalue weighted by Crippen LogP contribution is -2.23. The largest absolute Gasteiger partial charge is 0.707 e. The van der Waals surface area contributed by atoms with Gasteiger partial charge < -0.3 is 20.0 Å². The Kier molecular flexibility index (Phi) is 4.14. The van der Waals surface area contributed by atoms with Gasteiger partial charge in [-0.05, 0) is 25.1 Å². The number of rotatable bonds is 4. The summed E-state index contributed by atoms with van der Waals surface area (Å²) in [4.78, 5) is 11.4. The van der Waals surface area contributed by atoms with E-state index in [0.29, 0.717) is 12.1 Å². The van der Waals surface area contributed by atoms with Crippen LogP contribution in [0.5, 0.6) is 5.75 Å². The van der Waals surface area contributed by atoms with Crippen LogP contribution in [0.1, 0.15) is 17.3 Å². The van der Waals surface area contributed by atoms with Crippen LogP contribution in [0.25, 0.3) is 0 Å². The van der Waals surface area contributed by atoms with Gasteiger partial charge in [0.15, 0.2) is 0 Å². The molecule has 0 spiro atoms. The van der Waals surface area contributed by atoms with Gasteiger partial charge in [-0.1, -0.05) is 6.07 Å². The van der Waals surface area contributed by atoms with E-state index in [0.717, 1.165) is 0 Å². The van der Waals surface area contributed by atoms with Crippen molar-refractivity contribution in [2.45, 2.75) is 6.92 Å². The second-order valence-corrected chi connectivity index (χ2v) is 2.83. The molecule has 15 heavy (non-hydrogen) atoms. The third kappa shape index (κ3) is 3.61. The summed E-state index contributed by atoms with van der Waals surface area (Å²) in [7, 11) is -1.88. The van der Waals surface area contributed by atoms with Gasteiger partial charge in [0.05, 0.1) is 0 Å². The predicted octanol–water partition coefficient (Wildman–Crippen LogP) is -0.215. The highest BCUT2D eigenvalue weighted by molar-refractivity contribution is 6.33. The van der Waals surface area contributed by atoms with Gasteiger partial charge in [0.2, 0.25) is 0 Å². The average Bonchev–Trinajstić information content (AvgIpc) is 2.17. The Morgan fingerprint density at radius 1 is 1.53 bits per heavy atom. The quantitative estimate of drug-likeness (QED) is 0.599. The molecule has 0 saturated heterocycles. The molecule has 0 heterocycles. The zero-order chi connectivity index (χ0) is 11.3. The minimum atomic E-state index is -1.88. The van der Waals surface area contributed by atoms with E-state index in [4.69, 9.17) is 10.0 Å². The van der Waals surface area contributed by atoms with Crippen LogP contribution in [0.15, 0.2) is 24.3 Å². The fraction of sp³-hybridized carbons (Fsp3) is 0.222. The maximum Gasteiger partial charge on any atom is 0.707 e. The highest BCUT2D eigenvalue weighted by atomic mass is 16.6. The number of hydrogen-bond acceptors (Lipinski definition) is 4. The molecule has 1 aromatic carbocycles. The van der Waals surface area contributed by atoms with E-state index in [1.807, 2.05) is 6.92 Å². The van der Waals surface area contributed by atoms with E-state index >= 15 is 0 Å². The Morgan fingerprint density at radius 3 is 2.87 bits per heavy atom. The first-order valence-electron chi connectivity index (χ1n) is 4.54. The standard InChI is InChI=1S/C9H12BNO4/c1-2-11-9(12)7-4-3-5-8(6-7)15-10(13)14/h3-6,13-14H,2H2,1H3,(H,11,12). The average molecular weight is 209 g/mol. The van der Waals surface area contributed by atoms with E-state index in [1.54, 1.807) is 12.1 Å². The first-order chi connectivity index (χ1) is 7.13. The van der Waals surface area contributed by atoms with Gasteiger partial charge in [-0.3, -0.25) is 4.79 Å². The third-order valence-electron chi connectivity index (χ3n) is 1.68. The normalized spacial score (nSPS) is 9.53. The third-order valence-corrected chi connectivity index (χ3v) is 1.68. The molecule has 3 N–H and O–H groups in total. The second-order valence-electron chi connectivity index (χ2n) is 2.83. The van der Waals surface area contributed by atoms with Crippen LogP contribution < -0.4 is 9.97 Å². The van der Waals surface area contributed by atoms with Crippen LogP contribution in [-0.2, 0) is 0 Å². The molecular formula is C9H12BNO4. The molecular weight excluding hydrogens is 197 g/mol. The van der Waals surface area contributed by atoms with E-state index in [1.165, 1.54) is 12.1 Å². The first-order valence-corrected chi connectivity index (χ1v) is 4.54. The van der Waals surface area contributed by atoms with Crippen LogP contribution >= 0.6 is 0 Å². The fourth-order valence-electron chi connectivity index (χ4n) is 1.09. The number of benzene rings is 1. The van der Waals surface area contributed by atoms with Gasteiger partial charge in [-0.2, -0.15) is 0 Å². The molecule has 6 heteroatoms. The maximum absolute atomic E-state index is 11.4. The number of carbonyl (C=O) groups is 1. The summed E-state index contributed by atoms with van der Waals surface area (Å²) in [6.07, 6.45) is 0. The summed E-state index contributed by atoms with van der Waals surface area (Å²) >= 11 is 0. The summed E-state index contributed by atoms with van der Waals surface area (Å²) < 4.78 is 4.61. The van der Waals surface area contributed by atoms with Crippen LogP contribution in [0, 0.1) is 0 Å². The van der Waals surface area contributed by atoms with Crippen LogP contribution in [0.3, 0.4) is 0 Å². The van der Waals surface area contributed by atoms with E-state index < -0.39 is 7.32 Å². The smallest absolute Gasteiger partial charge is 0.512 e. The molecule has 1 aromatic rings. The molecule has 0 aliphatic heterocycles. The summed E-state index contributed by atoms with van der Waals surface area (Å²) in [5, 5.41) is 19.8. The number of carbonyl (C=O) groups excluding carboxylic acids is 1. The molecule has 1 rings (SSSR count). The van der Waals surface area contributed by atoms with Crippen molar-refractivity contribution >= 4 is 13.2 Å². The summed E-state index contributed by atoms with van der Waals surface area (Å²) in [5.74, 6) is 0.00383. The van der Waals surface area contributed by atoms with Crippen molar-refractivity contribution in [2.24, 2.45) is 0 Å². The van der Waals surface area contributed by atoms with E-state index in [-0.39, 0.29) is 11.7 Å². The van der Waals surface area contributed by atoms with Gasteiger partial charge in [0.25, 0.3) is 5.91 Å². The molecule has 0 aliphatic carbocycles. The van der Waals surface area contributed by atoms with Crippen molar-refractivity contribution in [2.75, 3.05) is 6.54 Å². The second kappa shape index (κ2) is 5.38. The Balaban J connectivity index is 2.78. The summed E-state index contributed by atoms with van der Waals surface area (Å²) in [5.41, 5.74) is 0.412. The van der Waals surface area contributed by atoms with Crippen molar-refractivity contribution < 1.29 is 19.5 Å². The lowest BCUT2D eigenvalue weighted by Gasteiger charge is -2.06. The predicted molar refractivity (Wildman–Crippen MR) is 55.3 cm³/mol. The molecule has 0 bridgehead atoms. The summed E-state index contributed by atoms with van der Waals surface area (Å²) in [6, 6.07) is 6.18. The minimum absolute atomic E-state index is 0.227. The first kappa shape index (κ1) is 11.5. The van der Waals surface area contributed by atoms with Crippen molar-refractivity contribution in [3.05, 3.63) is 29.8 Å². The van der Waals surface area contributed by atoms with Crippen molar-refractivity contribution in [1.82, 2.24) is 5.32 Å². The zero-order valence-electron chi connectivity index (χ0n) is 8.30. The topological polar surface area (TPSA) is 78.8 Å². The minimum Gasteiger partial charge on any atom is -0.512 e. The fourth-order valence-corrected chi connectivity index (χ4v) is 1.09. The Hall–Kier alpha value is -1.53. The van der Waals surface area contributed by atoms with Gasteiger partial charge >= 0.3 is 7.32 Å². The monoisotopic (exact) mass is 209 g/mol. The molecule has 1 amide bonds. The van der Waals surface area contributed by atoms with Gasteiger partial charge in [-0.15, -0.1) is 0 Å². The van der Waals surface area contributed by atoms with E-state index in [2.05, 4.69) is 9.97 Å². The molecule has 80 valence electrons. The molecule has 0 radical (unpaired) electrons. The highest BCUT2D eigenvalue weighted by Gasteiger charge is 2.12. The SMILES string of the molecule is CCNC(=O)c1cccc(OB(O)O)c1. The molecule has 0 fully saturated rings. The summed E-state index contributed by atoms with van der Waals surface area (Å²) in [6.45, 7) is 2.35.